The molecule has 3 N–H and O–H groups in total. The van der Waals surface area contributed by atoms with E-state index >= 15 is 0 Å². The van der Waals surface area contributed by atoms with E-state index in [0.29, 0.717) is 23.4 Å². The fraction of sp³-hybridized carbons (Fsp3) is 0.500. The van der Waals surface area contributed by atoms with Crippen molar-refractivity contribution in [2.75, 3.05) is 13.1 Å². The molecule has 2 amide bonds. The van der Waals surface area contributed by atoms with Crippen molar-refractivity contribution in [1.82, 2.24) is 10.6 Å². The molecule has 1 aliphatic carbocycles. The van der Waals surface area contributed by atoms with Gasteiger partial charge in [0.2, 0.25) is 0 Å². The van der Waals surface area contributed by atoms with Gasteiger partial charge in [0.25, 0.3) is 0 Å². The third-order valence-electron chi connectivity index (χ3n) is 4.19. The predicted molar refractivity (Wildman–Crippen MR) is 80.1 cm³/mol. The second kappa shape index (κ2) is 6.16. The molecule has 1 fully saturated rings. The number of hydrogen-bond donors (Lipinski definition) is 3. The maximum atomic E-state index is 11.7. The Morgan fingerprint density at radius 2 is 1.90 bits per heavy atom. The molecule has 114 valence electrons. The number of carboxylic acids is 1. The minimum absolute atomic E-state index is 0.0826. The van der Waals surface area contributed by atoms with Crippen LogP contribution in [0.5, 0.6) is 0 Å². The van der Waals surface area contributed by atoms with Gasteiger partial charge < -0.3 is 15.7 Å². The average molecular weight is 290 g/mol. The Morgan fingerprint density at radius 1 is 1.29 bits per heavy atom. The Bertz CT molecular complexity index is 514. The Morgan fingerprint density at radius 3 is 2.43 bits per heavy atom. The topological polar surface area (TPSA) is 78.4 Å². The van der Waals surface area contributed by atoms with Crippen molar-refractivity contribution in [1.29, 1.82) is 0 Å². The van der Waals surface area contributed by atoms with Gasteiger partial charge in [0.1, 0.15) is 0 Å². The van der Waals surface area contributed by atoms with Crippen LogP contribution in [0.25, 0.3) is 0 Å². The monoisotopic (exact) mass is 290 g/mol. The molecule has 0 heterocycles. The van der Waals surface area contributed by atoms with Crippen molar-refractivity contribution >= 4 is 12.0 Å². The highest BCUT2D eigenvalue weighted by Crippen LogP contribution is 2.50. The van der Waals surface area contributed by atoms with E-state index < -0.39 is 11.9 Å². The molecule has 21 heavy (non-hydrogen) atoms. The lowest BCUT2D eigenvalue weighted by molar-refractivity contribution is -0.138. The molecule has 0 radical (unpaired) electrons. The Kier molecular flexibility index (Phi) is 4.50. The molecule has 1 saturated carbocycles. The summed E-state index contributed by atoms with van der Waals surface area (Å²) >= 11 is 0. The number of nitrogens with one attached hydrogen (secondary N) is 2. The molecule has 0 saturated heterocycles. The Hall–Kier alpha value is -2.04. The maximum Gasteiger partial charge on any atom is 0.314 e. The zero-order chi connectivity index (χ0) is 15.5. The van der Waals surface area contributed by atoms with Gasteiger partial charge in [-0.15, -0.1) is 0 Å². The van der Waals surface area contributed by atoms with Crippen molar-refractivity contribution in [3.05, 3.63) is 35.9 Å². The molecule has 2 unspecified atom stereocenters. The third-order valence-corrected chi connectivity index (χ3v) is 4.19. The standard InChI is InChI=1S/C16H22N2O3/c1-16(2)8-12(16)9-17-15(21)18-10-13(14(19)20)11-6-4-3-5-7-11/h3-7,12-13H,8-10H2,1-2H3,(H,19,20)(H2,17,18,21). The van der Waals surface area contributed by atoms with E-state index in [9.17, 15) is 14.7 Å². The lowest BCUT2D eigenvalue weighted by atomic mass is 9.99. The zero-order valence-corrected chi connectivity index (χ0v) is 12.4. The van der Waals surface area contributed by atoms with Gasteiger partial charge >= 0.3 is 12.0 Å². The zero-order valence-electron chi connectivity index (χ0n) is 12.4. The largest absolute Gasteiger partial charge is 0.481 e. The number of amides is 2. The summed E-state index contributed by atoms with van der Waals surface area (Å²) in [5.74, 6) is -1.15. The fourth-order valence-corrected chi connectivity index (χ4v) is 2.43. The number of hydrogen-bond acceptors (Lipinski definition) is 2. The van der Waals surface area contributed by atoms with Gasteiger partial charge in [0.05, 0.1) is 5.92 Å². The molecule has 5 nitrogen and oxygen atoms in total. The van der Waals surface area contributed by atoms with Crippen LogP contribution >= 0.6 is 0 Å². The molecule has 0 aromatic heterocycles. The second-order valence-corrected chi connectivity index (χ2v) is 6.28. The highest BCUT2D eigenvalue weighted by molar-refractivity contribution is 5.79. The molecule has 5 heteroatoms. The van der Waals surface area contributed by atoms with E-state index in [4.69, 9.17) is 0 Å². The first kappa shape index (κ1) is 15.4. The van der Waals surface area contributed by atoms with Gasteiger partial charge in [-0.3, -0.25) is 4.79 Å². The van der Waals surface area contributed by atoms with E-state index in [2.05, 4.69) is 24.5 Å². The van der Waals surface area contributed by atoms with Crippen molar-refractivity contribution in [2.45, 2.75) is 26.2 Å². The second-order valence-electron chi connectivity index (χ2n) is 6.28. The van der Waals surface area contributed by atoms with Crippen molar-refractivity contribution in [3.63, 3.8) is 0 Å². The summed E-state index contributed by atoms with van der Waals surface area (Å²) in [6.07, 6.45) is 1.12. The number of carboxylic acid groups (broad SMARTS) is 1. The summed E-state index contributed by atoms with van der Waals surface area (Å²) in [6.45, 7) is 5.07. The summed E-state index contributed by atoms with van der Waals surface area (Å²) in [5.41, 5.74) is 1.01. The van der Waals surface area contributed by atoms with E-state index in [-0.39, 0.29) is 12.6 Å². The number of benzene rings is 1. The minimum atomic E-state index is -0.940. The normalized spacial score (nSPS) is 20.4. The molecule has 2 rings (SSSR count). The predicted octanol–water partition coefficient (Wildman–Crippen LogP) is 2.20. The summed E-state index contributed by atoms with van der Waals surface area (Å²) in [5, 5.41) is 14.7. The summed E-state index contributed by atoms with van der Waals surface area (Å²) in [7, 11) is 0. The third kappa shape index (κ3) is 4.21. The quantitative estimate of drug-likeness (QED) is 0.751. The van der Waals surface area contributed by atoms with Crippen LogP contribution in [-0.2, 0) is 4.79 Å². The highest BCUT2D eigenvalue weighted by atomic mass is 16.4. The molecular weight excluding hydrogens is 268 g/mol. The smallest absolute Gasteiger partial charge is 0.314 e. The number of carbonyl (C=O) groups excluding carboxylic acids is 1. The van der Waals surface area contributed by atoms with Crippen LogP contribution in [-0.4, -0.2) is 30.2 Å². The number of urea groups is 1. The summed E-state index contributed by atoms with van der Waals surface area (Å²) in [4.78, 5) is 23.0. The molecular formula is C16H22N2O3. The van der Waals surface area contributed by atoms with Gasteiger partial charge in [0, 0.05) is 13.1 Å². The lowest BCUT2D eigenvalue weighted by Gasteiger charge is -2.14. The van der Waals surface area contributed by atoms with Gasteiger partial charge in [-0.25, -0.2) is 4.79 Å². The van der Waals surface area contributed by atoms with Crippen LogP contribution in [0.4, 0.5) is 4.79 Å². The first-order chi connectivity index (χ1) is 9.90. The fourth-order valence-electron chi connectivity index (χ4n) is 2.43. The molecule has 1 aromatic rings. The molecule has 1 aliphatic rings. The van der Waals surface area contributed by atoms with Gasteiger partial charge in [-0.05, 0) is 23.3 Å². The molecule has 0 bridgehead atoms. The van der Waals surface area contributed by atoms with Gasteiger partial charge in [0.15, 0.2) is 0 Å². The van der Waals surface area contributed by atoms with Crippen LogP contribution < -0.4 is 10.6 Å². The molecule has 1 aromatic carbocycles. The van der Waals surface area contributed by atoms with Crippen LogP contribution in [0.3, 0.4) is 0 Å². The maximum absolute atomic E-state index is 11.7. The van der Waals surface area contributed by atoms with Crippen LogP contribution in [0.2, 0.25) is 0 Å². The van der Waals surface area contributed by atoms with Crippen LogP contribution in [0.1, 0.15) is 31.7 Å². The number of rotatable bonds is 6. The number of aliphatic carboxylic acids is 1. The van der Waals surface area contributed by atoms with Crippen molar-refractivity contribution in [2.24, 2.45) is 11.3 Å². The minimum Gasteiger partial charge on any atom is -0.481 e. The Labute approximate surface area is 124 Å². The van der Waals surface area contributed by atoms with E-state index in [1.807, 2.05) is 6.07 Å². The van der Waals surface area contributed by atoms with E-state index in [0.717, 1.165) is 6.42 Å². The van der Waals surface area contributed by atoms with Crippen LogP contribution in [0, 0.1) is 11.3 Å². The first-order valence-corrected chi connectivity index (χ1v) is 7.19. The summed E-state index contributed by atoms with van der Waals surface area (Å²) < 4.78 is 0. The SMILES string of the molecule is CC1(C)CC1CNC(=O)NCC(C(=O)O)c1ccccc1. The molecule has 0 spiro atoms. The summed E-state index contributed by atoms with van der Waals surface area (Å²) in [6, 6.07) is 8.62. The van der Waals surface area contributed by atoms with Crippen LogP contribution in [0.15, 0.2) is 30.3 Å². The van der Waals surface area contributed by atoms with E-state index in [1.54, 1.807) is 24.3 Å². The molecule has 2 atom stereocenters. The number of carbonyl (C=O) groups is 2. The van der Waals surface area contributed by atoms with Crippen molar-refractivity contribution < 1.29 is 14.7 Å². The Balaban J connectivity index is 1.79. The highest BCUT2D eigenvalue weighted by Gasteiger charge is 2.45. The van der Waals surface area contributed by atoms with E-state index in [1.165, 1.54) is 0 Å². The lowest BCUT2D eigenvalue weighted by Crippen LogP contribution is -2.40. The first-order valence-electron chi connectivity index (χ1n) is 7.19. The van der Waals surface area contributed by atoms with Gasteiger partial charge in [-0.2, -0.15) is 0 Å². The molecule has 0 aliphatic heterocycles. The average Bonchev–Trinajstić information content (AvgIpc) is 3.05. The van der Waals surface area contributed by atoms with Gasteiger partial charge in [-0.1, -0.05) is 44.2 Å². The van der Waals surface area contributed by atoms with Crippen molar-refractivity contribution in [3.8, 4) is 0 Å².